The maximum absolute atomic E-state index is 11.8. The predicted molar refractivity (Wildman–Crippen MR) is 72.0 cm³/mol. The van der Waals surface area contributed by atoms with Crippen LogP contribution in [0.5, 0.6) is 0 Å². The van der Waals surface area contributed by atoms with E-state index in [0.29, 0.717) is 12.0 Å². The van der Waals surface area contributed by atoms with Gasteiger partial charge in [-0.1, -0.05) is 33.6 Å². The molecule has 0 saturated carbocycles. The number of nitrogens with zero attached hydrogens (tertiary/aromatic N) is 1. The monoisotopic (exact) mass is 243 g/mol. The molecule has 0 fully saturated rings. The van der Waals surface area contributed by atoms with Crippen molar-refractivity contribution in [2.75, 3.05) is 14.2 Å². The molecule has 2 atom stereocenters. The van der Waals surface area contributed by atoms with E-state index in [4.69, 9.17) is 4.74 Å². The molecule has 0 rings (SSSR count). The summed E-state index contributed by atoms with van der Waals surface area (Å²) in [6.07, 6.45) is 4.18. The smallest absolute Gasteiger partial charge is 0.323 e. The van der Waals surface area contributed by atoms with E-state index in [9.17, 15) is 4.79 Å². The average Bonchev–Trinajstić information content (AvgIpc) is 2.27. The molecule has 0 aliphatic carbocycles. The first-order chi connectivity index (χ1) is 7.93. The van der Waals surface area contributed by atoms with Crippen LogP contribution in [0.4, 0.5) is 0 Å². The lowest BCUT2D eigenvalue weighted by molar-refractivity contribution is -0.147. The number of ether oxygens (including phenoxy) is 1. The standard InChI is InChI=1S/C14H29NO2/c1-7-8-9-13(14(16)17-6)15(5)12(4)10-11(2)3/h11-13H,7-10H2,1-6H3. The number of hydrogen-bond donors (Lipinski definition) is 0. The summed E-state index contributed by atoms with van der Waals surface area (Å²) >= 11 is 0. The molecule has 0 bridgehead atoms. The molecule has 0 aromatic heterocycles. The normalized spacial score (nSPS) is 15.1. The third kappa shape index (κ3) is 6.06. The Hall–Kier alpha value is -0.570. The topological polar surface area (TPSA) is 29.5 Å². The lowest BCUT2D eigenvalue weighted by Gasteiger charge is -2.32. The van der Waals surface area contributed by atoms with Crippen LogP contribution in [0, 0.1) is 5.92 Å². The van der Waals surface area contributed by atoms with Crippen LogP contribution in [0.2, 0.25) is 0 Å². The van der Waals surface area contributed by atoms with Crippen molar-refractivity contribution >= 4 is 5.97 Å². The first-order valence-corrected chi connectivity index (χ1v) is 6.73. The first kappa shape index (κ1) is 16.4. The maximum Gasteiger partial charge on any atom is 0.323 e. The van der Waals surface area contributed by atoms with Crippen molar-refractivity contribution in [1.82, 2.24) is 4.90 Å². The molecule has 0 radical (unpaired) electrons. The molecule has 0 aromatic carbocycles. The number of carbonyl (C=O) groups is 1. The van der Waals surface area contributed by atoms with Gasteiger partial charge in [-0.25, -0.2) is 0 Å². The van der Waals surface area contributed by atoms with E-state index in [2.05, 4.69) is 32.6 Å². The fraction of sp³-hybridized carbons (Fsp3) is 0.929. The minimum absolute atomic E-state index is 0.0892. The largest absolute Gasteiger partial charge is 0.468 e. The molecule has 3 nitrogen and oxygen atoms in total. The predicted octanol–water partition coefficient (Wildman–Crippen LogP) is 3.08. The van der Waals surface area contributed by atoms with Gasteiger partial charge in [-0.3, -0.25) is 9.69 Å². The Bertz CT molecular complexity index is 216. The van der Waals surface area contributed by atoms with Gasteiger partial charge in [0.25, 0.3) is 0 Å². The maximum atomic E-state index is 11.8. The molecule has 17 heavy (non-hydrogen) atoms. The van der Waals surface area contributed by atoms with Crippen LogP contribution in [0.3, 0.4) is 0 Å². The highest BCUT2D eigenvalue weighted by atomic mass is 16.5. The fourth-order valence-corrected chi connectivity index (χ4v) is 2.18. The second-order valence-electron chi connectivity index (χ2n) is 5.33. The summed E-state index contributed by atoms with van der Waals surface area (Å²) in [5, 5.41) is 0. The SMILES string of the molecule is CCCCC(C(=O)OC)N(C)C(C)CC(C)C. The number of methoxy groups -OCH3 is 1. The molecule has 102 valence electrons. The van der Waals surface area contributed by atoms with Crippen LogP contribution in [-0.2, 0) is 9.53 Å². The van der Waals surface area contributed by atoms with Crippen LogP contribution in [0.25, 0.3) is 0 Å². The summed E-state index contributed by atoms with van der Waals surface area (Å²) in [5.41, 5.74) is 0. The quantitative estimate of drug-likeness (QED) is 0.614. The fourth-order valence-electron chi connectivity index (χ4n) is 2.18. The molecule has 2 unspecified atom stereocenters. The van der Waals surface area contributed by atoms with Gasteiger partial charge in [-0.15, -0.1) is 0 Å². The van der Waals surface area contributed by atoms with E-state index < -0.39 is 0 Å². The summed E-state index contributed by atoms with van der Waals surface area (Å²) in [6, 6.07) is 0.324. The Labute approximate surface area is 107 Å². The highest BCUT2D eigenvalue weighted by Crippen LogP contribution is 2.16. The zero-order valence-electron chi connectivity index (χ0n) is 12.3. The van der Waals surface area contributed by atoms with Crippen LogP contribution in [0.15, 0.2) is 0 Å². The third-order valence-electron chi connectivity index (χ3n) is 3.30. The van der Waals surface area contributed by atoms with Crippen LogP contribution < -0.4 is 0 Å². The van der Waals surface area contributed by atoms with Crippen molar-refractivity contribution < 1.29 is 9.53 Å². The van der Waals surface area contributed by atoms with E-state index >= 15 is 0 Å². The van der Waals surface area contributed by atoms with Gasteiger partial charge in [0.15, 0.2) is 0 Å². The number of unbranched alkanes of at least 4 members (excludes halogenated alkanes) is 1. The van der Waals surface area contributed by atoms with Crippen molar-refractivity contribution in [2.45, 2.75) is 65.5 Å². The highest BCUT2D eigenvalue weighted by Gasteiger charge is 2.26. The number of likely N-dealkylation sites (N-methyl/N-ethyl adjacent to an activating group) is 1. The van der Waals surface area contributed by atoms with Gasteiger partial charge in [-0.2, -0.15) is 0 Å². The molecule has 0 amide bonds. The van der Waals surface area contributed by atoms with Gasteiger partial charge in [0, 0.05) is 6.04 Å². The molecule has 0 aliphatic heterocycles. The van der Waals surface area contributed by atoms with Gasteiger partial charge < -0.3 is 4.74 Å². The van der Waals surface area contributed by atoms with Gasteiger partial charge in [-0.05, 0) is 32.7 Å². The minimum atomic E-state index is -0.100. The second-order valence-corrected chi connectivity index (χ2v) is 5.33. The molecule has 0 aliphatic rings. The van der Waals surface area contributed by atoms with E-state index in [1.54, 1.807) is 0 Å². The van der Waals surface area contributed by atoms with Crippen molar-refractivity contribution in [2.24, 2.45) is 5.92 Å². The third-order valence-corrected chi connectivity index (χ3v) is 3.30. The van der Waals surface area contributed by atoms with Crippen LogP contribution in [-0.4, -0.2) is 37.1 Å². The molecule has 0 heterocycles. The van der Waals surface area contributed by atoms with Gasteiger partial charge in [0.2, 0.25) is 0 Å². The summed E-state index contributed by atoms with van der Waals surface area (Å²) < 4.78 is 4.91. The number of rotatable bonds is 8. The van der Waals surface area contributed by atoms with Crippen molar-refractivity contribution in [3.8, 4) is 0 Å². The van der Waals surface area contributed by atoms with Crippen molar-refractivity contribution in [3.05, 3.63) is 0 Å². The Balaban J connectivity index is 4.49. The molecular weight excluding hydrogens is 214 g/mol. The molecule has 3 heteroatoms. The molecule has 0 aromatic rings. The molecule has 0 saturated heterocycles. The van der Waals surface area contributed by atoms with Crippen molar-refractivity contribution in [1.29, 1.82) is 0 Å². The average molecular weight is 243 g/mol. The molecule has 0 N–H and O–H groups in total. The summed E-state index contributed by atoms with van der Waals surface area (Å²) in [4.78, 5) is 14.0. The first-order valence-electron chi connectivity index (χ1n) is 6.73. The minimum Gasteiger partial charge on any atom is -0.468 e. The number of hydrogen-bond acceptors (Lipinski definition) is 3. The number of carbonyl (C=O) groups excluding carboxylic acids is 1. The van der Waals surface area contributed by atoms with E-state index in [-0.39, 0.29) is 12.0 Å². The Morgan fingerprint density at radius 2 is 1.88 bits per heavy atom. The van der Waals surface area contributed by atoms with Gasteiger partial charge in [0.1, 0.15) is 6.04 Å². The van der Waals surface area contributed by atoms with Crippen LogP contribution in [0.1, 0.15) is 53.4 Å². The van der Waals surface area contributed by atoms with E-state index in [1.165, 1.54) is 7.11 Å². The molecular formula is C14H29NO2. The van der Waals surface area contributed by atoms with Gasteiger partial charge >= 0.3 is 5.97 Å². The zero-order chi connectivity index (χ0) is 13.4. The van der Waals surface area contributed by atoms with Gasteiger partial charge in [0.05, 0.1) is 7.11 Å². The summed E-state index contributed by atoms with van der Waals surface area (Å²) in [7, 11) is 3.51. The van der Waals surface area contributed by atoms with Crippen molar-refractivity contribution in [3.63, 3.8) is 0 Å². The highest BCUT2D eigenvalue weighted by molar-refractivity contribution is 5.75. The van der Waals surface area contributed by atoms with E-state index in [1.807, 2.05) is 7.05 Å². The lowest BCUT2D eigenvalue weighted by atomic mass is 10.0. The Kier molecular flexibility index (Phi) is 8.23. The number of esters is 1. The lowest BCUT2D eigenvalue weighted by Crippen LogP contribution is -2.44. The summed E-state index contributed by atoms with van der Waals surface area (Å²) in [5.74, 6) is 0.550. The second kappa shape index (κ2) is 8.51. The van der Waals surface area contributed by atoms with Crippen LogP contribution >= 0.6 is 0 Å². The Morgan fingerprint density at radius 1 is 1.29 bits per heavy atom. The zero-order valence-corrected chi connectivity index (χ0v) is 12.3. The molecule has 0 spiro atoms. The Morgan fingerprint density at radius 3 is 2.29 bits per heavy atom. The van der Waals surface area contributed by atoms with E-state index in [0.717, 1.165) is 25.7 Å². The summed E-state index contributed by atoms with van der Waals surface area (Å²) in [6.45, 7) is 8.75.